The Morgan fingerprint density at radius 2 is 0.843 bits per heavy atom. The number of hydrogen-bond acceptors (Lipinski definition) is 3. The van der Waals surface area contributed by atoms with Crippen LogP contribution in [0.25, 0.3) is 21.5 Å². The van der Waals surface area contributed by atoms with Crippen LogP contribution in [0.2, 0.25) is 0 Å². The average Bonchev–Trinajstić information content (AvgIpc) is 3.35. The van der Waals surface area contributed by atoms with E-state index >= 15 is 0 Å². The maximum absolute atomic E-state index is 2.69. The van der Waals surface area contributed by atoms with Gasteiger partial charge in [0.15, 0.2) is 0 Å². The van der Waals surface area contributed by atoms with Crippen molar-refractivity contribution in [3.05, 3.63) is 202 Å². The molecule has 4 aliphatic rings. The van der Waals surface area contributed by atoms with Gasteiger partial charge < -0.3 is 14.7 Å². The lowest BCUT2D eigenvalue weighted by atomic mass is 9.33. The molecule has 3 nitrogen and oxygen atoms in total. The van der Waals surface area contributed by atoms with Crippen LogP contribution in [0.4, 0.5) is 51.2 Å². The smallest absolute Gasteiger partial charge is 0.252 e. The zero-order valence-electron chi connectivity index (χ0n) is 42.2. The zero-order chi connectivity index (χ0) is 47.8. The normalized spacial score (nSPS) is 14.7. The van der Waals surface area contributed by atoms with Crippen molar-refractivity contribution in [1.82, 2.24) is 0 Å². The van der Waals surface area contributed by atoms with E-state index in [9.17, 15) is 0 Å². The van der Waals surface area contributed by atoms with Gasteiger partial charge in [-0.1, -0.05) is 151 Å². The highest BCUT2D eigenvalue weighted by Crippen LogP contribution is 2.52. The quantitative estimate of drug-likeness (QED) is 0.159. The first-order valence-corrected chi connectivity index (χ1v) is 25.9. The summed E-state index contributed by atoms with van der Waals surface area (Å²) in [6.45, 7) is 18.7. The van der Waals surface area contributed by atoms with E-state index in [0.717, 1.165) is 31.4 Å². The number of fused-ring (bicyclic) bond motifs is 4. The molecule has 13 rings (SSSR count). The molecule has 0 aromatic heterocycles. The number of rotatable bonds is 5. The molecule has 0 radical (unpaired) electrons. The Bertz CT molecular complexity index is 3390. The van der Waals surface area contributed by atoms with E-state index in [-0.39, 0.29) is 17.5 Å². The summed E-state index contributed by atoms with van der Waals surface area (Å²) in [6, 6.07) is 61.9. The highest BCUT2D eigenvalue weighted by atomic mass is 15.2. The second-order valence-electron chi connectivity index (χ2n) is 22.8. The van der Waals surface area contributed by atoms with Gasteiger partial charge in [-0.25, -0.2) is 0 Å². The Morgan fingerprint density at radius 1 is 0.414 bits per heavy atom. The molecular weight excluding hydrogens is 846 g/mol. The number of para-hydroxylation sites is 2. The van der Waals surface area contributed by atoms with E-state index in [4.69, 9.17) is 0 Å². The van der Waals surface area contributed by atoms with E-state index in [1.807, 2.05) is 0 Å². The second kappa shape index (κ2) is 15.7. The first kappa shape index (κ1) is 43.0. The summed E-state index contributed by atoms with van der Waals surface area (Å²) >= 11 is 0. The topological polar surface area (TPSA) is 9.72 Å². The third-order valence-electron chi connectivity index (χ3n) is 16.4. The third kappa shape index (κ3) is 6.55. The number of benzene rings is 9. The maximum atomic E-state index is 2.69. The lowest BCUT2D eigenvalue weighted by molar-refractivity contribution is 0.590. The first-order chi connectivity index (χ1) is 33.8. The Hall–Kier alpha value is -7.04. The summed E-state index contributed by atoms with van der Waals surface area (Å²) in [6.07, 6.45) is 6.85. The van der Waals surface area contributed by atoms with Crippen LogP contribution in [0.3, 0.4) is 0 Å². The van der Waals surface area contributed by atoms with Gasteiger partial charge in [-0.05, 0) is 183 Å². The molecule has 2 aliphatic carbocycles. The van der Waals surface area contributed by atoms with Gasteiger partial charge in [-0.15, -0.1) is 0 Å². The van der Waals surface area contributed by atoms with Crippen LogP contribution in [-0.4, -0.2) is 6.71 Å². The van der Waals surface area contributed by atoms with Crippen molar-refractivity contribution >= 4 is 95.8 Å². The van der Waals surface area contributed by atoms with E-state index in [1.165, 1.54) is 141 Å². The van der Waals surface area contributed by atoms with Crippen molar-refractivity contribution in [2.75, 3.05) is 14.7 Å². The van der Waals surface area contributed by atoms with Crippen LogP contribution in [0.1, 0.15) is 98.9 Å². The SMILES string of the molecule is Cc1ccccc1N(c1cc2c3c(c1)N(c1ccc4c5c(cccc15)CCC4)c1cc(C(C)(C)C)ccc1B3c1ccc(C(C)(C)C)cc1N2c1ccc2c3c(cccc13)CCC2)c1ccccc1C. The fraction of sp³-hybridized carbons (Fsp3) is 0.242. The number of anilines is 9. The molecule has 0 saturated heterocycles. The summed E-state index contributed by atoms with van der Waals surface area (Å²) < 4.78 is 0. The van der Waals surface area contributed by atoms with Crippen LogP contribution in [-0.2, 0) is 36.5 Å². The van der Waals surface area contributed by atoms with Crippen molar-refractivity contribution in [3.63, 3.8) is 0 Å². The van der Waals surface area contributed by atoms with Gasteiger partial charge in [0.05, 0.1) is 17.1 Å². The first-order valence-electron chi connectivity index (χ1n) is 25.9. The van der Waals surface area contributed by atoms with Crippen molar-refractivity contribution in [3.8, 4) is 0 Å². The van der Waals surface area contributed by atoms with Gasteiger partial charge in [0, 0.05) is 44.9 Å². The monoisotopic (exact) mass is 908 g/mol. The van der Waals surface area contributed by atoms with Gasteiger partial charge in [-0.3, -0.25) is 0 Å². The van der Waals surface area contributed by atoms with E-state index in [2.05, 4.69) is 228 Å². The van der Waals surface area contributed by atoms with E-state index < -0.39 is 0 Å². The molecule has 0 amide bonds. The zero-order valence-corrected chi connectivity index (χ0v) is 42.2. The highest BCUT2D eigenvalue weighted by molar-refractivity contribution is 7.00. The standard InChI is InChI=1S/C66H62BN3/c1-41-17-9-11-27-54(41)68(55-28-12-10-18-42(55)2)49-39-60-64-61(40-49)70(57-36-30-46-22-14-20-44-24-16-26-51(57)63(44)46)59-38-48(66(6,7)8)32-34-53(59)67(64)52-33-31-47(65(3,4)5)37-58(52)69(60)56-35-29-45-21-13-19-43-23-15-25-50(56)62(43)45/h9-12,15-18,23-40H,13-14,19-22H2,1-8H3. The molecule has 0 unspecified atom stereocenters. The van der Waals surface area contributed by atoms with Crippen molar-refractivity contribution in [1.29, 1.82) is 0 Å². The van der Waals surface area contributed by atoms with E-state index in [1.54, 1.807) is 0 Å². The second-order valence-corrected chi connectivity index (χ2v) is 22.8. The minimum Gasteiger partial charge on any atom is -0.311 e. The summed E-state index contributed by atoms with van der Waals surface area (Å²) in [5, 5.41) is 5.55. The van der Waals surface area contributed by atoms with Crippen LogP contribution in [0.5, 0.6) is 0 Å². The summed E-state index contributed by atoms with van der Waals surface area (Å²) in [5.74, 6) is 0. The minimum atomic E-state index is -0.0576. The van der Waals surface area contributed by atoms with Gasteiger partial charge in [-0.2, -0.15) is 0 Å². The molecule has 70 heavy (non-hydrogen) atoms. The molecule has 0 spiro atoms. The fourth-order valence-corrected chi connectivity index (χ4v) is 12.8. The maximum Gasteiger partial charge on any atom is 0.252 e. The minimum absolute atomic E-state index is 0.00933. The van der Waals surface area contributed by atoms with E-state index in [0.29, 0.717) is 0 Å². The average molecular weight is 908 g/mol. The Morgan fingerprint density at radius 3 is 1.27 bits per heavy atom. The van der Waals surface area contributed by atoms with Crippen LogP contribution >= 0.6 is 0 Å². The summed E-state index contributed by atoms with van der Waals surface area (Å²) in [7, 11) is 0. The predicted molar refractivity (Wildman–Crippen MR) is 301 cm³/mol. The Labute approximate surface area is 415 Å². The van der Waals surface area contributed by atoms with Gasteiger partial charge >= 0.3 is 0 Å². The highest BCUT2D eigenvalue weighted by Gasteiger charge is 2.45. The molecule has 2 heterocycles. The van der Waals surface area contributed by atoms with Gasteiger partial charge in [0.2, 0.25) is 0 Å². The molecule has 2 aliphatic heterocycles. The molecule has 0 N–H and O–H groups in total. The van der Waals surface area contributed by atoms with Crippen LogP contribution < -0.4 is 31.1 Å². The van der Waals surface area contributed by atoms with Crippen molar-refractivity contribution < 1.29 is 0 Å². The Kier molecular flexibility index (Phi) is 9.67. The largest absolute Gasteiger partial charge is 0.311 e. The lowest BCUT2D eigenvalue weighted by Crippen LogP contribution is -2.61. The predicted octanol–water partition coefficient (Wildman–Crippen LogP) is 15.7. The molecule has 0 fully saturated rings. The molecule has 344 valence electrons. The van der Waals surface area contributed by atoms with Crippen LogP contribution in [0.15, 0.2) is 158 Å². The van der Waals surface area contributed by atoms with Gasteiger partial charge in [0.25, 0.3) is 6.71 Å². The molecule has 0 atom stereocenters. The fourth-order valence-electron chi connectivity index (χ4n) is 12.8. The van der Waals surface area contributed by atoms with Crippen LogP contribution in [0, 0.1) is 13.8 Å². The summed E-state index contributed by atoms with van der Waals surface area (Å²) in [5.41, 5.74) is 26.0. The molecular formula is C66H62BN3. The van der Waals surface area contributed by atoms with Crippen molar-refractivity contribution in [2.45, 2.75) is 105 Å². The molecule has 0 saturated carbocycles. The lowest BCUT2D eigenvalue weighted by Gasteiger charge is -2.46. The number of aryl methyl sites for hydroxylation is 6. The number of nitrogens with zero attached hydrogens (tertiary/aromatic N) is 3. The third-order valence-corrected chi connectivity index (χ3v) is 16.4. The summed E-state index contributed by atoms with van der Waals surface area (Å²) in [4.78, 5) is 7.93. The van der Waals surface area contributed by atoms with Crippen molar-refractivity contribution in [2.24, 2.45) is 0 Å². The number of hydrogen-bond donors (Lipinski definition) is 0. The molecule has 0 bridgehead atoms. The molecule has 4 heteroatoms. The molecule has 9 aromatic rings. The van der Waals surface area contributed by atoms with Gasteiger partial charge in [0.1, 0.15) is 0 Å². The molecule has 9 aromatic carbocycles. The Balaban J connectivity index is 1.21.